The zero-order chi connectivity index (χ0) is 14.0. The predicted octanol–water partition coefficient (Wildman–Crippen LogP) is 4.04. The van der Waals surface area contributed by atoms with E-state index in [1.165, 1.54) is 0 Å². The van der Waals surface area contributed by atoms with Gasteiger partial charge in [-0.15, -0.1) is 0 Å². The number of alkyl halides is 2. The molecule has 0 saturated carbocycles. The average molecular weight is 254 g/mol. The molecule has 1 nitrogen and oxygen atoms in total. The number of hydrogen-bond donors (Lipinski definition) is 0. The minimum Gasteiger partial charge on any atom is -0.293 e. The van der Waals surface area contributed by atoms with E-state index in [4.69, 9.17) is 0 Å². The molecule has 18 heavy (non-hydrogen) atoms. The highest BCUT2D eigenvalue weighted by molar-refractivity contribution is 5.89. The van der Waals surface area contributed by atoms with Crippen LogP contribution < -0.4 is 0 Å². The van der Waals surface area contributed by atoms with Gasteiger partial charge >= 0.3 is 5.92 Å². The molecule has 0 aliphatic heterocycles. The van der Waals surface area contributed by atoms with Crippen molar-refractivity contribution in [2.24, 2.45) is 5.41 Å². The maximum atomic E-state index is 12.9. The molecule has 3 heteroatoms. The SMILES string of the molecule is CC(C)(C)C.O=C1Cc2ccccc2CC1(F)F. The highest BCUT2D eigenvalue weighted by Crippen LogP contribution is 2.29. The van der Waals surface area contributed by atoms with Crippen molar-refractivity contribution in [1.82, 2.24) is 0 Å². The third kappa shape index (κ3) is 4.55. The van der Waals surface area contributed by atoms with E-state index >= 15 is 0 Å². The molecule has 0 spiro atoms. The van der Waals surface area contributed by atoms with Crippen molar-refractivity contribution in [2.75, 3.05) is 0 Å². The number of carbonyl (C=O) groups excluding carboxylic acids is 1. The van der Waals surface area contributed by atoms with E-state index in [1.807, 2.05) is 0 Å². The largest absolute Gasteiger partial charge is 0.309 e. The summed E-state index contributed by atoms with van der Waals surface area (Å²) in [6.07, 6.45) is -0.578. The van der Waals surface area contributed by atoms with Crippen LogP contribution in [0.4, 0.5) is 8.78 Å². The summed E-state index contributed by atoms with van der Waals surface area (Å²) in [7, 11) is 0. The predicted molar refractivity (Wildman–Crippen MR) is 68.9 cm³/mol. The molecule has 0 unspecified atom stereocenters. The van der Waals surface area contributed by atoms with Crippen LogP contribution >= 0.6 is 0 Å². The first-order chi connectivity index (χ1) is 8.09. The molecule has 0 N–H and O–H groups in total. The zero-order valence-corrected chi connectivity index (χ0v) is 11.4. The summed E-state index contributed by atoms with van der Waals surface area (Å²) >= 11 is 0. The Hall–Kier alpha value is -1.25. The van der Waals surface area contributed by atoms with E-state index in [9.17, 15) is 13.6 Å². The zero-order valence-electron chi connectivity index (χ0n) is 11.4. The van der Waals surface area contributed by atoms with E-state index in [-0.39, 0.29) is 6.42 Å². The van der Waals surface area contributed by atoms with Crippen LogP contribution in [0.1, 0.15) is 38.8 Å². The first kappa shape index (κ1) is 14.8. The van der Waals surface area contributed by atoms with Crippen LogP contribution in [0.25, 0.3) is 0 Å². The summed E-state index contributed by atoms with van der Waals surface area (Å²) in [5.41, 5.74) is 1.82. The number of benzene rings is 1. The van der Waals surface area contributed by atoms with Gasteiger partial charge in [0.1, 0.15) is 0 Å². The fourth-order valence-corrected chi connectivity index (χ4v) is 1.54. The van der Waals surface area contributed by atoms with Gasteiger partial charge < -0.3 is 0 Å². The lowest BCUT2D eigenvalue weighted by atomic mass is 9.88. The molecule has 0 aromatic heterocycles. The molecular weight excluding hydrogens is 234 g/mol. The summed E-state index contributed by atoms with van der Waals surface area (Å²) in [4.78, 5) is 10.9. The molecule has 0 fully saturated rings. The molecule has 1 aromatic rings. The number of rotatable bonds is 0. The third-order valence-electron chi connectivity index (χ3n) is 2.29. The van der Waals surface area contributed by atoms with Crippen molar-refractivity contribution in [2.45, 2.75) is 46.5 Å². The van der Waals surface area contributed by atoms with Crippen LogP contribution in [0, 0.1) is 5.41 Å². The van der Waals surface area contributed by atoms with Gasteiger partial charge in [0.15, 0.2) is 0 Å². The highest BCUT2D eigenvalue weighted by atomic mass is 19.3. The van der Waals surface area contributed by atoms with Crippen molar-refractivity contribution < 1.29 is 13.6 Å². The number of carbonyl (C=O) groups is 1. The Morgan fingerprint density at radius 1 is 1.06 bits per heavy atom. The summed E-state index contributed by atoms with van der Waals surface area (Å²) in [5.74, 6) is -4.12. The minimum atomic E-state index is -3.16. The van der Waals surface area contributed by atoms with E-state index in [1.54, 1.807) is 24.3 Å². The number of fused-ring (bicyclic) bond motifs is 1. The maximum absolute atomic E-state index is 12.9. The van der Waals surface area contributed by atoms with Gasteiger partial charge in [-0.1, -0.05) is 52.0 Å². The highest BCUT2D eigenvalue weighted by Gasteiger charge is 2.42. The molecule has 0 saturated heterocycles. The Morgan fingerprint density at radius 2 is 1.50 bits per heavy atom. The van der Waals surface area contributed by atoms with Gasteiger partial charge in [-0.2, -0.15) is 8.78 Å². The fourth-order valence-electron chi connectivity index (χ4n) is 1.54. The Morgan fingerprint density at radius 3 is 2.00 bits per heavy atom. The second-order valence-corrected chi connectivity index (χ2v) is 6.25. The van der Waals surface area contributed by atoms with Crippen molar-refractivity contribution in [3.63, 3.8) is 0 Å². The van der Waals surface area contributed by atoms with Crippen LogP contribution in [0.2, 0.25) is 0 Å². The summed E-state index contributed by atoms with van der Waals surface area (Å²) < 4.78 is 25.9. The van der Waals surface area contributed by atoms with Crippen LogP contribution in [0.3, 0.4) is 0 Å². The standard InChI is InChI=1S/C10H8F2O.C5H12/c11-10(12)6-8-4-2-1-3-7(8)5-9(10)13;1-5(2,3)4/h1-4H,5-6H2;1-4H3. The van der Waals surface area contributed by atoms with Crippen LogP contribution in [-0.4, -0.2) is 11.7 Å². The Balaban J connectivity index is 0.000000280. The monoisotopic (exact) mass is 254 g/mol. The van der Waals surface area contributed by atoms with E-state index in [0.717, 1.165) is 5.56 Å². The lowest BCUT2D eigenvalue weighted by Gasteiger charge is -2.22. The van der Waals surface area contributed by atoms with Crippen LogP contribution in [0.5, 0.6) is 0 Å². The van der Waals surface area contributed by atoms with E-state index < -0.39 is 18.1 Å². The van der Waals surface area contributed by atoms with Crippen molar-refractivity contribution in [1.29, 1.82) is 0 Å². The second-order valence-electron chi connectivity index (χ2n) is 6.25. The van der Waals surface area contributed by atoms with Gasteiger partial charge in [0.2, 0.25) is 5.78 Å². The summed E-state index contributed by atoms with van der Waals surface area (Å²) in [6, 6.07) is 6.85. The van der Waals surface area contributed by atoms with Crippen molar-refractivity contribution in [3.8, 4) is 0 Å². The molecule has 0 atom stereocenters. The topological polar surface area (TPSA) is 17.1 Å². The van der Waals surface area contributed by atoms with Gasteiger partial charge in [0, 0.05) is 12.8 Å². The molecule has 0 bridgehead atoms. The van der Waals surface area contributed by atoms with E-state index in [0.29, 0.717) is 11.0 Å². The molecule has 0 amide bonds. The average Bonchev–Trinajstić information content (AvgIpc) is 2.16. The quantitative estimate of drug-likeness (QED) is 0.683. The van der Waals surface area contributed by atoms with Crippen LogP contribution in [-0.2, 0) is 17.6 Å². The van der Waals surface area contributed by atoms with Gasteiger partial charge in [-0.05, 0) is 16.5 Å². The number of Topliss-reactive ketones (excluding diaryl/α,β-unsaturated/α-hetero) is 1. The number of ketones is 1. The second kappa shape index (κ2) is 5.17. The maximum Gasteiger partial charge on any atom is 0.309 e. The van der Waals surface area contributed by atoms with Crippen molar-refractivity contribution >= 4 is 5.78 Å². The smallest absolute Gasteiger partial charge is 0.293 e. The number of halogens is 2. The van der Waals surface area contributed by atoms with Gasteiger partial charge in [0.25, 0.3) is 0 Å². The summed E-state index contributed by atoms with van der Waals surface area (Å²) in [6.45, 7) is 8.75. The normalized spacial score (nSPS) is 17.6. The molecule has 1 aromatic carbocycles. The van der Waals surface area contributed by atoms with Gasteiger partial charge in [-0.3, -0.25) is 4.79 Å². The number of hydrogen-bond acceptors (Lipinski definition) is 1. The Bertz CT molecular complexity index is 424. The Kier molecular flexibility index (Phi) is 4.25. The summed E-state index contributed by atoms with van der Waals surface area (Å²) in [5, 5.41) is 0. The Labute approximate surface area is 107 Å². The molecule has 0 heterocycles. The lowest BCUT2D eigenvalue weighted by molar-refractivity contribution is -0.143. The molecule has 0 radical (unpaired) electrons. The molecule has 100 valence electrons. The van der Waals surface area contributed by atoms with Crippen LogP contribution in [0.15, 0.2) is 24.3 Å². The van der Waals surface area contributed by atoms with Crippen molar-refractivity contribution in [3.05, 3.63) is 35.4 Å². The minimum absolute atomic E-state index is 0.136. The molecule has 1 aliphatic rings. The molecule has 1 aliphatic carbocycles. The van der Waals surface area contributed by atoms with Gasteiger partial charge in [0.05, 0.1) is 0 Å². The molecular formula is C15H20F2O. The third-order valence-corrected chi connectivity index (χ3v) is 2.29. The first-order valence-corrected chi connectivity index (χ1v) is 6.07. The fraction of sp³-hybridized carbons (Fsp3) is 0.533. The van der Waals surface area contributed by atoms with Gasteiger partial charge in [-0.25, -0.2) is 0 Å². The first-order valence-electron chi connectivity index (χ1n) is 6.07. The van der Waals surface area contributed by atoms with E-state index in [2.05, 4.69) is 27.7 Å². The lowest BCUT2D eigenvalue weighted by Crippen LogP contribution is -2.36. The molecule has 2 rings (SSSR count).